The Balaban J connectivity index is 1.53. The highest BCUT2D eigenvalue weighted by Gasteiger charge is 2.34. The molecule has 1 saturated heterocycles. The predicted octanol–water partition coefficient (Wildman–Crippen LogP) is 3.40. The summed E-state index contributed by atoms with van der Waals surface area (Å²) in [5, 5.41) is 3.99. The van der Waals surface area contributed by atoms with E-state index in [9.17, 15) is 9.18 Å². The Morgan fingerprint density at radius 2 is 2.04 bits per heavy atom. The van der Waals surface area contributed by atoms with Gasteiger partial charge in [0, 0.05) is 30.1 Å². The van der Waals surface area contributed by atoms with Crippen molar-refractivity contribution in [3.05, 3.63) is 60.2 Å². The third-order valence-corrected chi connectivity index (χ3v) is 4.39. The maximum atomic E-state index is 13.4. The monoisotopic (exact) mass is 353 g/mol. The lowest BCUT2D eigenvalue weighted by Gasteiger charge is -2.16. The molecule has 1 fully saturated rings. The second-order valence-corrected chi connectivity index (χ2v) is 6.07. The minimum Gasteiger partial charge on any atom is -0.497 e. The number of hydrogen-bond donors (Lipinski definition) is 0. The summed E-state index contributed by atoms with van der Waals surface area (Å²) in [4.78, 5) is 18.4. The second-order valence-electron chi connectivity index (χ2n) is 6.07. The zero-order valence-corrected chi connectivity index (χ0v) is 14.1. The van der Waals surface area contributed by atoms with Crippen molar-refractivity contribution in [1.82, 2.24) is 10.1 Å². The van der Waals surface area contributed by atoms with Gasteiger partial charge in [0.15, 0.2) is 5.82 Å². The Bertz CT molecular complexity index is 939. The van der Waals surface area contributed by atoms with Gasteiger partial charge in [0.2, 0.25) is 5.91 Å². The zero-order chi connectivity index (χ0) is 18.1. The fourth-order valence-electron chi connectivity index (χ4n) is 3.03. The summed E-state index contributed by atoms with van der Waals surface area (Å²) in [6, 6.07) is 13.3. The summed E-state index contributed by atoms with van der Waals surface area (Å²) >= 11 is 0. The number of carbonyl (C=O) groups excluding carboxylic acids is 1. The number of halogens is 1. The van der Waals surface area contributed by atoms with Gasteiger partial charge in [0.25, 0.3) is 5.89 Å². The van der Waals surface area contributed by atoms with Crippen LogP contribution in [0.15, 0.2) is 53.1 Å². The topological polar surface area (TPSA) is 68.5 Å². The van der Waals surface area contributed by atoms with E-state index in [-0.39, 0.29) is 23.5 Å². The van der Waals surface area contributed by atoms with Crippen molar-refractivity contribution in [2.45, 2.75) is 12.3 Å². The van der Waals surface area contributed by atoms with Gasteiger partial charge in [0.1, 0.15) is 11.6 Å². The number of hydrogen-bond acceptors (Lipinski definition) is 5. The number of rotatable bonds is 4. The van der Waals surface area contributed by atoms with E-state index in [0.717, 1.165) is 11.4 Å². The summed E-state index contributed by atoms with van der Waals surface area (Å²) in [7, 11) is 1.60. The first-order chi connectivity index (χ1) is 12.6. The van der Waals surface area contributed by atoms with Crippen molar-refractivity contribution in [2.75, 3.05) is 18.6 Å². The third-order valence-electron chi connectivity index (χ3n) is 4.39. The molecule has 2 aromatic carbocycles. The lowest BCUT2D eigenvalue weighted by atomic mass is 10.1. The largest absolute Gasteiger partial charge is 0.497 e. The first-order valence-corrected chi connectivity index (χ1v) is 8.18. The minimum absolute atomic E-state index is 0.00253. The van der Waals surface area contributed by atoms with Crippen LogP contribution in [0.25, 0.3) is 11.5 Å². The fourth-order valence-corrected chi connectivity index (χ4v) is 3.03. The Morgan fingerprint density at radius 1 is 1.23 bits per heavy atom. The number of amides is 1. The van der Waals surface area contributed by atoms with Gasteiger partial charge in [-0.05, 0) is 42.5 Å². The number of nitrogens with zero attached hydrogens (tertiary/aromatic N) is 3. The summed E-state index contributed by atoms with van der Waals surface area (Å²) < 4.78 is 23.7. The molecule has 0 saturated carbocycles. The van der Waals surface area contributed by atoms with Crippen LogP contribution in [-0.2, 0) is 4.79 Å². The Hall–Kier alpha value is -3.22. The van der Waals surface area contributed by atoms with Crippen LogP contribution in [0, 0.1) is 5.82 Å². The van der Waals surface area contributed by atoms with Gasteiger partial charge in [-0.25, -0.2) is 4.39 Å². The van der Waals surface area contributed by atoms with Crippen molar-refractivity contribution < 1.29 is 18.4 Å². The molecule has 6 nitrogen and oxygen atoms in total. The average Bonchev–Trinajstić information content (AvgIpc) is 3.29. The first-order valence-electron chi connectivity index (χ1n) is 8.18. The highest BCUT2D eigenvalue weighted by atomic mass is 19.1. The molecule has 3 aromatic rings. The van der Waals surface area contributed by atoms with Crippen LogP contribution in [0.5, 0.6) is 5.75 Å². The number of benzene rings is 2. The average molecular weight is 353 g/mol. The van der Waals surface area contributed by atoms with Gasteiger partial charge in [-0.15, -0.1) is 0 Å². The van der Waals surface area contributed by atoms with Crippen LogP contribution in [-0.4, -0.2) is 29.7 Å². The number of carbonyl (C=O) groups is 1. The first kappa shape index (κ1) is 16.3. The smallest absolute Gasteiger partial charge is 0.258 e. The van der Waals surface area contributed by atoms with Gasteiger partial charge in [-0.3, -0.25) is 4.79 Å². The lowest BCUT2D eigenvalue weighted by molar-refractivity contribution is -0.117. The zero-order valence-electron chi connectivity index (χ0n) is 14.1. The summed E-state index contributed by atoms with van der Waals surface area (Å²) in [5.74, 6) is 0.884. The molecule has 1 aromatic heterocycles. The number of aromatic nitrogens is 2. The molecular weight excluding hydrogens is 337 g/mol. The molecule has 0 bridgehead atoms. The molecule has 4 rings (SSSR count). The maximum Gasteiger partial charge on any atom is 0.258 e. The Labute approximate surface area is 149 Å². The molecule has 132 valence electrons. The maximum absolute atomic E-state index is 13.4. The van der Waals surface area contributed by atoms with E-state index < -0.39 is 0 Å². The summed E-state index contributed by atoms with van der Waals surface area (Å²) in [6.45, 7) is 0.466. The SMILES string of the molecule is COc1ccc(N2C[C@H](c3noc(-c4cccc(F)c4)n3)CC2=O)cc1. The Morgan fingerprint density at radius 3 is 2.77 bits per heavy atom. The number of methoxy groups -OCH3 is 1. The predicted molar refractivity (Wildman–Crippen MR) is 92.4 cm³/mol. The fraction of sp³-hybridized carbons (Fsp3) is 0.211. The van der Waals surface area contributed by atoms with E-state index in [1.54, 1.807) is 24.1 Å². The molecule has 0 unspecified atom stereocenters. The van der Waals surface area contributed by atoms with E-state index in [1.807, 2.05) is 24.3 Å². The molecule has 2 heterocycles. The van der Waals surface area contributed by atoms with Crippen LogP contribution in [0.4, 0.5) is 10.1 Å². The van der Waals surface area contributed by atoms with E-state index in [4.69, 9.17) is 9.26 Å². The van der Waals surface area contributed by atoms with Crippen molar-refractivity contribution in [2.24, 2.45) is 0 Å². The van der Waals surface area contributed by atoms with Crippen LogP contribution in [0.3, 0.4) is 0 Å². The minimum atomic E-state index is -0.371. The molecule has 26 heavy (non-hydrogen) atoms. The molecule has 0 N–H and O–H groups in total. The molecule has 1 amide bonds. The lowest BCUT2D eigenvalue weighted by Crippen LogP contribution is -2.24. The molecule has 0 radical (unpaired) electrons. The van der Waals surface area contributed by atoms with Crippen molar-refractivity contribution in [3.63, 3.8) is 0 Å². The second kappa shape index (κ2) is 6.59. The Kier molecular flexibility index (Phi) is 4.12. The molecule has 1 aliphatic heterocycles. The quantitative estimate of drug-likeness (QED) is 0.719. The molecule has 1 aliphatic rings. The molecule has 0 spiro atoms. The summed E-state index contributed by atoms with van der Waals surface area (Å²) in [6.07, 6.45) is 0.300. The van der Waals surface area contributed by atoms with E-state index >= 15 is 0 Å². The van der Waals surface area contributed by atoms with Gasteiger partial charge in [0.05, 0.1) is 7.11 Å². The highest BCUT2D eigenvalue weighted by molar-refractivity contribution is 5.96. The molecular formula is C19H16FN3O3. The van der Waals surface area contributed by atoms with Crippen molar-refractivity contribution >= 4 is 11.6 Å². The van der Waals surface area contributed by atoms with Crippen molar-refractivity contribution in [3.8, 4) is 17.2 Å². The molecule has 1 atom stereocenters. The van der Waals surface area contributed by atoms with Gasteiger partial charge >= 0.3 is 0 Å². The van der Waals surface area contributed by atoms with E-state index in [0.29, 0.717) is 24.4 Å². The van der Waals surface area contributed by atoms with Crippen LogP contribution in [0.1, 0.15) is 18.2 Å². The van der Waals surface area contributed by atoms with Crippen molar-refractivity contribution in [1.29, 1.82) is 0 Å². The number of ether oxygens (including phenoxy) is 1. The molecule has 0 aliphatic carbocycles. The normalized spacial score (nSPS) is 16.9. The summed E-state index contributed by atoms with van der Waals surface area (Å²) in [5.41, 5.74) is 1.31. The van der Waals surface area contributed by atoms with Gasteiger partial charge in [-0.1, -0.05) is 11.2 Å². The standard InChI is InChI=1S/C19H16FN3O3/c1-25-16-7-5-15(6-8-16)23-11-13(10-17(23)24)18-21-19(26-22-18)12-3-2-4-14(20)9-12/h2-9,13H,10-11H2,1H3/t13-/m1/s1. The van der Waals surface area contributed by atoms with Crippen LogP contribution >= 0.6 is 0 Å². The van der Waals surface area contributed by atoms with Gasteiger partial charge < -0.3 is 14.2 Å². The van der Waals surface area contributed by atoms with Gasteiger partial charge in [-0.2, -0.15) is 4.98 Å². The van der Waals surface area contributed by atoms with E-state index in [2.05, 4.69) is 10.1 Å². The number of anilines is 1. The van der Waals surface area contributed by atoms with Crippen LogP contribution < -0.4 is 9.64 Å². The highest BCUT2D eigenvalue weighted by Crippen LogP contribution is 2.32. The van der Waals surface area contributed by atoms with Crippen LogP contribution in [0.2, 0.25) is 0 Å². The van der Waals surface area contributed by atoms with E-state index in [1.165, 1.54) is 12.1 Å². The molecule has 7 heteroatoms. The third kappa shape index (κ3) is 3.03.